The topological polar surface area (TPSA) is 94.9 Å². The van der Waals surface area contributed by atoms with Gasteiger partial charge < -0.3 is 15.2 Å². The Bertz CT molecular complexity index is 487. The molecule has 0 saturated heterocycles. The summed E-state index contributed by atoms with van der Waals surface area (Å²) >= 11 is 11.3. The Labute approximate surface area is 100 Å². The van der Waals surface area contributed by atoms with Crippen LogP contribution in [0.1, 0.15) is 12.7 Å². The van der Waals surface area contributed by atoms with Gasteiger partial charge in [0.05, 0.1) is 6.20 Å². The molecule has 0 unspecified atom stereocenters. The lowest BCUT2D eigenvalue weighted by Gasteiger charge is -2.28. The molecule has 0 aliphatic carbocycles. The Morgan fingerprint density at radius 3 is 2.62 bits per heavy atom. The second kappa shape index (κ2) is 3.53. The highest BCUT2D eigenvalue weighted by molar-refractivity contribution is 6.48. The van der Waals surface area contributed by atoms with E-state index in [1.54, 1.807) is 0 Å². The van der Waals surface area contributed by atoms with E-state index >= 15 is 0 Å². The highest BCUT2D eigenvalue weighted by Crippen LogP contribution is 2.38. The minimum atomic E-state index is -2.50. The molecular formula is C8H8Cl2N4O2. The van der Waals surface area contributed by atoms with E-state index < -0.39 is 10.1 Å². The van der Waals surface area contributed by atoms with Crippen molar-refractivity contribution in [2.24, 2.45) is 0 Å². The van der Waals surface area contributed by atoms with Gasteiger partial charge in [-0.2, -0.15) is 0 Å². The standard InChI is InChI=1S/C8H8Cl2N4O2/c1-7(9,10)8(15,16)6-13-4-2-11-3-12-5(4)14-6/h2-3,15-16H,1H3,(H,11,12,13,14). The van der Waals surface area contributed by atoms with Crippen molar-refractivity contribution in [3.63, 3.8) is 0 Å². The molecule has 0 amide bonds. The maximum absolute atomic E-state index is 9.77. The molecule has 6 nitrogen and oxygen atoms in total. The third kappa shape index (κ3) is 1.73. The van der Waals surface area contributed by atoms with Crippen LogP contribution in [0, 0.1) is 0 Å². The predicted octanol–water partition coefficient (Wildman–Crippen LogP) is 0.684. The van der Waals surface area contributed by atoms with Crippen molar-refractivity contribution in [3.8, 4) is 0 Å². The highest BCUT2D eigenvalue weighted by Gasteiger charge is 2.47. The molecule has 0 radical (unpaired) electrons. The van der Waals surface area contributed by atoms with Gasteiger partial charge >= 0.3 is 0 Å². The molecule has 2 rings (SSSR count). The number of hydrogen-bond acceptors (Lipinski definition) is 5. The summed E-state index contributed by atoms with van der Waals surface area (Å²) in [5, 5.41) is 19.5. The lowest BCUT2D eigenvalue weighted by Crippen LogP contribution is -2.42. The Kier molecular flexibility index (Phi) is 2.54. The number of halogens is 2. The molecule has 0 aliphatic rings. The van der Waals surface area contributed by atoms with E-state index in [2.05, 4.69) is 19.9 Å². The van der Waals surface area contributed by atoms with Crippen LogP contribution in [-0.2, 0) is 5.79 Å². The van der Waals surface area contributed by atoms with Gasteiger partial charge in [0.15, 0.2) is 15.8 Å². The van der Waals surface area contributed by atoms with Crippen LogP contribution in [0.2, 0.25) is 0 Å². The van der Waals surface area contributed by atoms with E-state index in [1.165, 1.54) is 19.4 Å². The maximum Gasteiger partial charge on any atom is 0.257 e. The summed E-state index contributed by atoms with van der Waals surface area (Å²) in [7, 11) is 0. The summed E-state index contributed by atoms with van der Waals surface area (Å²) in [5.41, 5.74) is 0.762. The third-order valence-electron chi connectivity index (χ3n) is 2.10. The van der Waals surface area contributed by atoms with E-state index in [0.717, 1.165) is 0 Å². The van der Waals surface area contributed by atoms with E-state index in [1.807, 2.05) is 0 Å². The fraction of sp³-hybridized carbons (Fsp3) is 0.375. The summed E-state index contributed by atoms with van der Waals surface area (Å²) in [6.07, 6.45) is 2.75. The van der Waals surface area contributed by atoms with Crippen molar-refractivity contribution >= 4 is 34.4 Å². The number of hydrogen-bond donors (Lipinski definition) is 3. The molecule has 16 heavy (non-hydrogen) atoms. The number of aliphatic hydroxyl groups is 2. The average Bonchev–Trinajstić information content (AvgIpc) is 2.59. The first-order valence-electron chi connectivity index (χ1n) is 4.31. The SMILES string of the molecule is CC(Cl)(Cl)C(O)(O)c1nc2ncncc2[nH]1. The van der Waals surface area contributed by atoms with Crippen molar-refractivity contribution in [1.29, 1.82) is 0 Å². The first kappa shape index (κ1) is 11.5. The summed E-state index contributed by atoms with van der Waals surface area (Å²) in [5.74, 6) is -2.69. The Hall–Kier alpha value is -0.950. The quantitative estimate of drug-likeness (QED) is 0.547. The number of rotatable bonds is 2. The summed E-state index contributed by atoms with van der Waals surface area (Å²) < 4.78 is -1.81. The lowest BCUT2D eigenvalue weighted by atomic mass is 10.2. The van der Waals surface area contributed by atoms with Gasteiger partial charge in [-0.3, -0.25) is 0 Å². The molecular weight excluding hydrogens is 255 g/mol. The van der Waals surface area contributed by atoms with Crippen LogP contribution in [0.25, 0.3) is 11.2 Å². The highest BCUT2D eigenvalue weighted by atomic mass is 35.5. The molecule has 2 aromatic heterocycles. The van der Waals surface area contributed by atoms with Gasteiger partial charge in [-0.1, -0.05) is 23.2 Å². The third-order valence-corrected chi connectivity index (χ3v) is 2.63. The first-order valence-corrected chi connectivity index (χ1v) is 5.07. The zero-order valence-electron chi connectivity index (χ0n) is 8.15. The fourth-order valence-electron chi connectivity index (χ4n) is 1.13. The largest absolute Gasteiger partial charge is 0.357 e. The zero-order chi connectivity index (χ0) is 12.0. The molecule has 0 bridgehead atoms. The molecule has 86 valence electrons. The van der Waals surface area contributed by atoms with Crippen LogP contribution in [0.5, 0.6) is 0 Å². The number of alkyl halides is 2. The van der Waals surface area contributed by atoms with E-state index in [0.29, 0.717) is 11.2 Å². The summed E-state index contributed by atoms with van der Waals surface area (Å²) in [6, 6.07) is 0. The number of nitrogens with one attached hydrogen (secondary N) is 1. The van der Waals surface area contributed by atoms with Crippen LogP contribution in [0.3, 0.4) is 0 Å². The maximum atomic E-state index is 9.77. The predicted molar refractivity (Wildman–Crippen MR) is 57.9 cm³/mol. The van der Waals surface area contributed by atoms with Crippen LogP contribution < -0.4 is 0 Å². The van der Waals surface area contributed by atoms with Gasteiger partial charge in [0.2, 0.25) is 0 Å². The van der Waals surface area contributed by atoms with Gasteiger partial charge in [-0.05, 0) is 6.92 Å². The van der Waals surface area contributed by atoms with Gasteiger partial charge in [0, 0.05) is 0 Å². The van der Waals surface area contributed by atoms with Gasteiger partial charge in [0.25, 0.3) is 5.79 Å². The van der Waals surface area contributed by atoms with Gasteiger partial charge in [-0.25, -0.2) is 15.0 Å². The number of H-pyrrole nitrogens is 1. The molecule has 2 aromatic rings. The number of nitrogens with zero attached hydrogens (tertiary/aromatic N) is 3. The van der Waals surface area contributed by atoms with Gasteiger partial charge in [-0.15, -0.1) is 0 Å². The molecule has 0 fully saturated rings. The second-order valence-corrected chi connectivity index (χ2v) is 5.11. The van der Waals surface area contributed by atoms with E-state index in [-0.39, 0.29) is 5.82 Å². The van der Waals surface area contributed by atoms with Crippen molar-refractivity contribution < 1.29 is 10.2 Å². The van der Waals surface area contributed by atoms with Crippen molar-refractivity contribution in [2.45, 2.75) is 17.0 Å². The van der Waals surface area contributed by atoms with Crippen LogP contribution in [0.15, 0.2) is 12.5 Å². The van der Waals surface area contributed by atoms with Crippen LogP contribution in [-0.4, -0.2) is 34.5 Å². The smallest absolute Gasteiger partial charge is 0.257 e. The molecule has 0 spiro atoms. The molecule has 0 saturated carbocycles. The van der Waals surface area contributed by atoms with Crippen molar-refractivity contribution in [2.75, 3.05) is 0 Å². The normalized spacial score (nSPS) is 13.3. The number of imidazole rings is 1. The van der Waals surface area contributed by atoms with Crippen molar-refractivity contribution in [1.82, 2.24) is 19.9 Å². The minimum absolute atomic E-state index is 0.185. The first-order chi connectivity index (χ1) is 7.32. The zero-order valence-corrected chi connectivity index (χ0v) is 9.66. The second-order valence-electron chi connectivity index (χ2n) is 3.41. The molecule has 2 heterocycles. The van der Waals surface area contributed by atoms with Crippen molar-refractivity contribution in [3.05, 3.63) is 18.3 Å². The molecule has 0 aromatic carbocycles. The summed E-state index contributed by atoms with van der Waals surface area (Å²) in [6.45, 7) is 1.25. The number of aromatic amines is 1. The van der Waals surface area contributed by atoms with E-state index in [4.69, 9.17) is 23.2 Å². The monoisotopic (exact) mass is 262 g/mol. The summed E-state index contributed by atoms with van der Waals surface area (Å²) in [4.78, 5) is 14.1. The minimum Gasteiger partial charge on any atom is -0.357 e. The number of fused-ring (bicyclic) bond motifs is 1. The Morgan fingerprint density at radius 2 is 2.06 bits per heavy atom. The molecule has 8 heteroatoms. The van der Waals surface area contributed by atoms with E-state index in [9.17, 15) is 10.2 Å². The molecule has 0 atom stereocenters. The average molecular weight is 263 g/mol. The van der Waals surface area contributed by atoms with Crippen LogP contribution >= 0.6 is 23.2 Å². The lowest BCUT2D eigenvalue weighted by molar-refractivity contribution is -0.182. The fourth-order valence-corrected chi connectivity index (χ4v) is 1.31. The Morgan fingerprint density at radius 1 is 1.38 bits per heavy atom. The van der Waals surface area contributed by atoms with Crippen LogP contribution in [0.4, 0.5) is 0 Å². The Balaban J connectivity index is 2.56. The number of aromatic nitrogens is 4. The molecule has 3 N–H and O–H groups in total. The van der Waals surface area contributed by atoms with Gasteiger partial charge in [0.1, 0.15) is 11.8 Å². The molecule has 0 aliphatic heterocycles.